The van der Waals surface area contributed by atoms with Crippen molar-refractivity contribution in [3.05, 3.63) is 81.9 Å². The summed E-state index contributed by atoms with van der Waals surface area (Å²) in [5.74, 6) is 0.761. The van der Waals surface area contributed by atoms with Crippen LogP contribution in [0.15, 0.2) is 66.7 Å². The van der Waals surface area contributed by atoms with Crippen LogP contribution < -0.4 is 4.74 Å². The van der Waals surface area contributed by atoms with Gasteiger partial charge in [-0.3, -0.25) is 10.1 Å². The summed E-state index contributed by atoms with van der Waals surface area (Å²) in [6.07, 6.45) is 0. The molecule has 0 radical (unpaired) electrons. The zero-order chi connectivity index (χ0) is 17.1. The van der Waals surface area contributed by atoms with Crippen LogP contribution in [-0.2, 0) is 0 Å². The number of halogens is 1. The van der Waals surface area contributed by atoms with Gasteiger partial charge in [-0.1, -0.05) is 29.8 Å². The lowest BCUT2D eigenvalue weighted by atomic mass is 9.94. The van der Waals surface area contributed by atoms with E-state index in [0.29, 0.717) is 5.02 Å². The Morgan fingerprint density at radius 1 is 0.917 bits per heavy atom. The maximum atomic E-state index is 10.8. The predicted molar refractivity (Wildman–Crippen MR) is 95.5 cm³/mol. The van der Waals surface area contributed by atoms with E-state index >= 15 is 0 Å². The molecule has 0 heterocycles. The Morgan fingerprint density at radius 2 is 1.67 bits per heavy atom. The van der Waals surface area contributed by atoms with E-state index < -0.39 is 4.92 Å². The number of methoxy groups -OCH3 is 1. The van der Waals surface area contributed by atoms with Crippen molar-refractivity contribution in [1.29, 1.82) is 0 Å². The fourth-order valence-corrected chi connectivity index (χ4v) is 2.73. The molecule has 0 aromatic heterocycles. The van der Waals surface area contributed by atoms with Gasteiger partial charge < -0.3 is 4.74 Å². The molecule has 120 valence electrons. The number of hydrogen-bond donors (Lipinski definition) is 0. The topological polar surface area (TPSA) is 52.4 Å². The first-order valence-corrected chi connectivity index (χ1v) is 7.65. The number of hydrogen-bond acceptors (Lipinski definition) is 3. The van der Waals surface area contributed by atoms with Crippen LogP contribution in [0.5, 0.6) is 5.75 Å². The minimum Gasteiger partial charge on any atom is -0.497 e. The van der Waals surface area contributed by atoms with Crippen LogP contribution in [0, 0.1) is 10.1 Å². The first kappa shape index (κ1) is 16.0. The summed E-state index contributed by atoms with van der Waals surface area (Å²) in [6, 6.07) is 19.8. The van der Waals surface area contributed by atoms with Gasteiger partial charge in [-0.05, 0) is 58.7 Å². The van der Waals surface area contributed by atoms with Gasteiger partial charge in [-0.25, -0.2) is 0 Å². The molecule has 0 aliphatic heterocycles. The Kier molecular flexibility index (Phi) is 4.49. The van der Waals surface area contributed by atoms with Crippen molar-refractivity contribution in [3.8, 4) is 28.0 Å². The molecule has 0 atom stereocenters. The molecule has 0 amide bonds. The zero-order valence-electron chi connectivity index (χ0n) is 12.9. The van der Waals surface area contributed by atoms with Crippen molar-refractivity contribution in [2.24, 2.45) is 0 Å². The van der Waals surface area contributed by atoms with Crippen LogP contribution in [0.1, 0.15) is 0 Å². The molecular formula is C19H14ClNO3. The molecule has 0 saturated carbocycles. The second-order valence-corrected chi connectivity index (χ2v) is 5.66. The normalized spacial score (nSPS) is 10.4. The van der Waals surface area contributed by atoms with Crippen LogP contribution in [0.2, 0.25) is 5.02 Å². The Morgan fingerprint density at radius 3 is 2.33 bits per heavy atom. The second-order valence-electron chi connectivity index (χ2n) is 5.23. The van der Waals surface area contributed by atoms with Crippen molar-refractivity contribution < 1.29 is 9.66 Å². The molecule has 0 bridgehead atoms. The second kappa shape index (κ2) is 6.72. The minimum absolute atomic E-state index is 0.0590. The third kappa shape index (κ3) is 3.24. The quantitative estimate of drug-likeness (QED) is 0.460. The highest BCUT2D eigenvalue weighted by Gasteiger charge is 2.11. The number of nitro groups is 1. The summed E-state index contributed by atoms with van der Waals surface area (Å²) in [6.45, 7) is 0. The van der Waals surface area contributed by atoms with Gasteiger partial charge in [0.05, 0.1) is 12.0 Å². The first-order chi connectivity index (χ1) is 11.6. The first-order valence-electron chi connectivity index (χ1n) is 7.27. The standard InChI is InChI=1S/C19H14ClNO3/c1-24-17-4-2-3-14(11-17)18-10-7-15(20)12-19(18)13-5-8-16(9-6-13)21(22)23/h2-12H,1H3. The lowest BCUT2D eigenvalue weighted by Gasteiger charge is -2.12. The highest BCUT2D eigenvalue weighted by molar-refractivity contribution is 6.31. The number of benzene rings is 3. The number of non-ortho nitro benzene ring substituents is 1. The summed E-state index contributed by atoms with van der Waals surface area (Å²) in [7, 11) is 1.62. The monoisotopic (exact) mass is 339 g/mol. The molecule has 3 rings (SSSR count). The predicted octanol–water partition coefficient (Wildman–Crippen LogP) is 5.59. The Balaban J connectivity index is 2.13. The van der Waals surface area contributed by atoms with Crippen LogP contribution in [0.25, 0.3) is 22.3 Å². The molecule has 5 heteroatoms. The molecule has 24 heavy (non-hydrogen) atoms. The molecule has 0 aliphatic carbocycles. The Hall–Kier alpha value is -2.85. The van der Waals surface area contributed by atoms with Gasteiger partial charge in [0.25, 0.3) is 5.69 Å². The molecule has 0 N–H and O–H groups in total. The third-order valence-electron chi connectivity index (χ3n) is 3.75. The molecule has 0 fully saturated rings. The average molecular weight is 340 g/mol. The summed E-state index contributed by atoms with van der Waals surface area (Å²) in [5, 5.41) is 11.4. The maximum Gasteiger partial charge on any atom is 0.269 e. The highest BCUT2D eigenvalue weighted by atomic mass is 35.5. The van der Waals surface area contributed by atoms with E-state index in [1.807, 2.05) is 42.5 Å². The van der Waals surface area contributed by atoms with Gasteiger partial charge in [0.15, 0.2) is 0 Å². The van der Waals surface area contributed by atoms with Gasteiger partial charge in [0.2, 0.25) is 0 Å². The summed E-state index contributed by atoms with van der Waals surface area (Å²) in [5.41, 5.74) is 3.79. The largest absolute Gasteiger partial charge is 0.497 e. The minimum atomic E-state index is -0.412. The van der Waals surface area contributed by atoms with Gasteiger partial charge >= 0.3 is 0 Å². The summed E-state index contributed by atoms with van der Waals surface area (Å²) < 4.78 is 5.29. The van der Waals surface area contributed by atoms with E-state index in [-0.39, 0.29) is 5.69 Å². The summed E-state index contributed by atoms with van der Waals surface area (Å²) >= 11 is 6.16. The average Bonchev–Trinajstić information content (AvgIpc) is 2.61. The third-order valence-corrected chi connectivity index (χ3v) is 3.99. The smallest absolute Gasteiger partial charge is 0.269 e. The Bertz CT molecular complexity index is 891. The maximum absolute atomic E-state index is 10.8. The SMILES string of the molecule is COc1cccc(-c2ccc(Cl)cc2-c2ccc([N+](=O)[O-])cc2)c1. The Labute approximate surface area is 144 Å². The van der Waals surface area contributed by atoms with Gasteiger partial charge in [0.1, 0.15) is 5.75 Å². The van der Waals surface area contributed by atoms with Crippen LogP contribution in [0.3, 0.4) is 0 Å². The van der Waals surface area contributed by atoms with E-state index in [2.05, 4.69) is 0 Å². The van der Waals surface area contributed by atoms with Crippen molar-refractivity contribution in [1.82, 2.24) is 0 Å². The van der Waals surface area contributed by atoms with Gasteiger partial charge in [-0.15, -0.1) is 0 Å². The van der Waals surface area contributed by atoms with E-state index in [1.165, 1.54) is 12.1 Å². The van der Waals surface area contributed by atoms with Crippen LogP contribution in [0.4, 0.5) is 5.69 Å². The van der Waals surface area contributed by atoms with Crippen molar-refractivity contribution in [2.75, 3.05) is 7.11 Å². The highest BCUT2D eigenvalue weighted by Crippen LogP contribution is 2.36. The van der Waals surface area contributed by atoms with Gasteiger partial charge in [-0.2, -0.15) is 0 Å². The molecule has 0 aliphatic rings. The molecule has 0 spiro atoms. The van der Waals surface area contributed by atoms with E-state index in [4.69, 9.17) is 16.3 Å². The van der Waals surface area contributed by atoms with Crippen LogP contribution >= 0.6 is 11.6 Å². The lowest BCUT2D eigenvalue weighted by Crippen LogP contribution is -1.89. The van der Waals surface area contributed by atoms with Crippen molar-refractivity contribution in [3.63, 3.8) is 0 Å². The van der Waals surface area contributed by atoms with E-state index in [9.17, 15) is 10.1 Å². The molecule has 3 aromatic rings. The number of rotatable bonds is 4. The molecular weight excluding hydrogens is 326 g/mol. The van der Waals surface area contributed by atoms with Gasteiger partial charge in [0, 0.05) is 17.2 Å². The fourth-order valence-electron chi connectivity index (χ4n) is 2.56. The fraction of sp³-hybridized carbons (Fsp3) is 0.0526. The summed E-state index contributed by atoms with van der Waals surface area (Å²) in [4.78, 5) is 10.4. The van der Waals surface area contributed by atoms with Crippen LogP contribution in [-0.4, -0.2) is 12.0 Å². The van der Waals surface area contributed by atoms with E-state index in [1.54, 1.807) is 19.2 Å². The molecule has 0 saturated heterocycles. The zero-order valence-corrected chi connectivity index (χ0v) is 13.7. The number of ether oxygens (including phenoxy) is 1. The molecule has 3 aromatic carbocycles. The molecule has 0 unspecified atom stereocenters. The molecule has 4 nitrogen and oxygen atoms in total. The number of nitrogens with zero attached hydrogens (tertiary/aromatic N) is 1. The lowest BCUT2D eigenvalue weighted by molar-refractivity contribution is -0.384. The number of nitro benzene ring substituents is 1. The van der Waals surface area contributed by atoms with Crippen molar-refractivity contribution >= 4 is 17.3 Å². The van der Waals surface area contributed by atoms with Crippen molar-refractivity contribution in [2.45, 2.75) is 0 Å². The van der Waals surface area contributed by atoms with E-state index in [0.717, 1.165) is 28.0 Å².